The fraction of sp³-hybridized carbons (Fsp3) is 0.462. The average Bonchev–Trinajstić information content (AvgIpc) is 3.12. The first-order valence-corrected chi connectivity index (χ1v) is 11.5. The third-order valence-electron chi connectivity index (χ3n) is 5.73. The van der Waals surface area contributed by atoms with Crippen molar-refractivity contribution in [2.75, 3.05) is 40.3 Å². The van der Waals surface area contributed by atoms with E-state index >= 15 is 0 Å². The Morgan fingerprint density at radius 1 is 1.06 bits per heavy atom. The van der Waals surface area contributed by atoms with Crippen molar-refractivity contribution in [1.29, 1.82) is 0 Å². The van der Waals surface area contributed by atoms with Gasteiger partial charge in [0.25, 0.3) is 5.91 Å². The monoisotopic (exact) mass is 436 g/mol. The summed E-state index contributed by atoms with van der Waals surface area (Å²) >= 11 is 0. The Kier molecular flexibility index (Phi) is 7.91. The Hall–Kier alpha value is -2.86. The van der Waals surface area contributed by atoms with Gasteiger partial charge < -0.3 is 19.1 Å². The molecule has 3 aromatic rings. The summed E-state index contributed by atoms with van der Waals surface area (Å²) < 4.78 is 7.89. The van der Waals surface area contributed by atoms with E-state index in [2.05, 4.69) is 42.6 Å². The first-order chi connectivity index (χ1) is 15.4. The molecule has 1 amide bonds. The highest BCUT2D eigenvalue weighted by molar-refractivity contribution is 5.97. The number of carbonyl (C=O) groups is 1. The maximum Gasteiger partial charge on any atom is 0.253 e. The van der Waals surface area contributed by atoms with Crippen LogP contribution in [0, 0.1) is 0 Å². The molecule has 6 nitrogen and oxygen atoms in total. The number of imidazole rings is 1. The van der Waals surface area contributed by atoms with E-state index < -0.39 is 0 Å². The molecule has 172 valence electrons. The average molecular weight is 437 g/mol. The minimum Gasteiger partial charge on any atom is -0.494 e. The van der Waals surface area contributed by atoms with E-state index in [0.717, 1.165) is 35.6 Å². The van der Waals surface area contributed by atoms with Crippen LogP contribution in [-0.4, -0.2) is 65.6 Å². The van der Waals surface area contributed by atoms with E-state index in [-0.39, 0.29) is 11.9 Å². The van der Waals surface area contributed by atoms with E-state index in [0.29, 0.717) is 25.3 Å². The fourth-order valence-corrected chi connectivity index (χ4v) is 4.25. The fourth-order valence-electron chi connectivity index (χ4n) is 4.25. The molecule has 0 bridgehead atoms. The summed E-state index contributed by atoms with van der Waals surface area (Å²) in [6.07, 6.45) is 0.720. The maximum absolute atomic E-state index is 12.9. The second-order valence-electron chi connectivity index (χ2n) is 8.44. The third-order valence-corrected chi connectivity index (χ3v) is 5.73. The van der Waals surface area contributed by atoms with Gasteiger partial charge in [-0.05, 0) is 77.7 Å². The van der Waals surface area contributed by atoms with Gasteiger partial charge in [-0.3, -0.25) is 4.79 Å². The standard InChI is InChI=1S/C26H36N4O2/c1-7-29(8-2)26(31)21-12-15-24-23(17-21)27-25(30(24)19(4)18-28(5)6)16-20-10-13-22(14-11-20)32-9-3/h10-15,17,19H,7-9,16,18H2,1-6H3. The molecule has 32 heavy (non-hydrogen) atoms. The lowest BCUT2D eigenvalue weighted by Gasteiger charge is -2.22. The lowest BCUT2D eigenvalue weighted by atomic mass is 10.1. The maximum atomic E-state index is 12.9. The van der Waals surface area contributed by atoms with Crippen LogP contribution >= 0.6 is 0 Å². The number of hydrogen-bond donors (Lipinski definition) is 0. The lowest BCUT2D eigenvalue weighted by molar-refractivity contribution is 0.0773. The van der Waals surface area contributed by atoms with Gasteiger partial charge in [-0.1, -0.05) is 12.1 Å². The highest BCUT2D eigenvalue weighted by Gasteiger charge is 2.19. The summed E-state index contributed by atoms with van der Waals surface area (Å²) in [6.45, 7) is 11.2. The van der Waals surface area contributed by atoms with Crippen LogP contribution in [0.4, 0.5) is 0 Å². The largest absolute Gasteiger partial charge is 0.494 e. The molecular formula is C26H36N4O2. The number of amides is 1. The molecule has 0 radical (unpaired) electrons. The second-order valence-corrected chi connectivity index (χ2v) is 8.44. The molecular weight excluding hydrogens is 400 g/mol. The zero-order valence-corrected chi connectivity index (χ0v) is 20.3. The first-order valence-electron chi connectivity index (χ1n) is 11.5. The number of nitrogens with zero attached hydrogens (tertiary/aromatic N) is 4. The van der Waals surface area contributed by atoms with E-state index in [1.165, 1.54) is 5.56 Å². The minimum atomic E-state index is 0.0563. The molecule has 1 aromatic heterocycles. The number of hydrogen-bond acceptors (Lipinski definition) is 4. The molecule has 0 N–H and O–H groups in total. The zero-order chi connectivity index (χ0) is 23.3. The summed E-state index contributed by atoms with van der Waals surface area (Å²) in [5.41, 5.74) is 3.81. The molecule has 0 saturated heterocycles. The number of rotatable bonds is 10. The topological polar surface area (TPSA) is 50.6 Å². The van der Waals surface area contributed by atoms with Gasteiger partial charge in [0, 0.05) is 37.7 Å². The second kappa shape index (κ2) is 10.6. The van der Waals surface area contributed by atoms with E-state index in [1.54, 1.807) is 0 Å². The summed E-state index contributed by atoms with van der Waals surface area (Å²) in [5.74, 6) is 1.94. The van der Waals surface area contributed by atoms with Crippen LogP contribution in [0.5, 0.6) is 5.75 Å². The molecule has 3 rings (SSSR count). The predicted molar refractivity (Wildman–Crippen MR) is 131 cm³/mol. The number of fused-ring (bicyclic) bond motifs is 1. The Bertz CT molecular complexity index is 1040. The van der Waals surface area contributed by atoms with Crippen LogP contribution in [0.2, 0.25) is 0 Å². The van der Waals surface area contributed by atoms with Gasteiger partial charge in [0.05, 0.1) is 17.6 Å². The van der Waals surface area contributed by atoms with Crippen molar-refractivity contribution in [2.24, 2.45) is 0 Å². The minimum absolute atomic E-state index is 0.0563. The van der Waals surface area contributed by atoms with E-state index in [4.69, 9.17) is 9.72 Å². The van der Waals surface area contributed by atoms with Crippen LogP contribution in [0.1, 0.15) is 55.5 Å². The molecule has 0 aliphatic rings. The number of carbonyl (C=O) groups excluding carboxylic acids is 1. The van der Waals surface area contributed by atoms with Crippen molar-refractivity contribution < 1.29 is 9.53 Å². The van der Waals surface area contributed by atoms with Gasteiger partial charge in [-0.15, -0.1) is 0 Å². The highest BCUT2D eigenvalue weighted by atomic mass is 16.5. The number of ether oxygens (including phenoxy) is 1. The van der Waals surface area contributed by atoms with Crippen LogP contribution < -0.4 is 4.74 Å². The summed E-state index contributed by atoms with van der Waals surface area (Å²) in [6, 6.07) is 14.4. The van der Waals surface area contributed by atoms with Crippen molar-refractivity contribution in [3.63, 3.8) is 0 Å². The number of likely N-dealkylation sites (N-methyl/N-ethyl adjacent to an activating group) is 1. The van der Waals surface area contributed by atoms with Crippen LogP contribution in [0.3, 0.4) is 0 Å². The summed E-state index contributed by atoms with van der Waals surface area (Å²) in [7, 11) is 4.17. The van der Waals surface area contributed by atoms with Crippen molar-refractivity contribution in [3.05, 3.63) is 59.4 Å². The molecule has 0 aliphatic heterocycles. The quantitative estimate of drug-likeness (QED) is 0.465. The van der Waals surface area contributed by atoms with Gasteiger partial charge in [-0.25, -0.2) is 4.98 Å². The molecule has 1 atom stereocenters. The smallest absolute Gasteiger partial charge is 0.253 e. The van der Waals surface area contributed by atoms with E-state index in [1.807, 2.05) is 56.0 Å². The molecule has 0 fully saturated rings. The summed E-state index contributed by atoms with van der Waals surface area (Å²) in [4.78, 5) is 21.9. The Labute approximate surface area is 191 Å². The van der Waals surface area contributed by atoms with Crippen LogP contribution in [-0.2, 0) is 6.42 Å². The normalized spacial score (nSPS) is 12.3. The van der Waals surface area contributed by atoms with Gasteiger partial charge in [0.1, 0.15) is 11.6 Å². The molecule has 0 saturated carbocycles. The Morgan fingerprint density at radius 3 is 2.34 bits per heavy atom. The van der Waals surface area contributed by atoms with Crippen LogP contribution in [0.25, 0.3) is 11.0 Å². The van der Waals surface area contributed by atoms with Gasteiger partial charge in [0.2, 0.25) is 0 Å². The number of benzene rings is 2. The first kappa shape index (κ1) is 23.8. The van der Waals surface area contributed by atoms with Gasteiger partial charge >= 0.3 is 0 Å². The predicted octanol–water partition coefficient (Wildman–Crippen LogP) is 4.63. The van der Waals surface area contributed by atoms with Crippen LogP contribution in [0.15, 0.2) is 42.5 Å². The molecule has 0 aliphatic carbocycles. The molecule has 1 unspecified atom stereocenters. The molecule has 1 heterocycles. The zero-order valence-electron chi connectivity index (χ0n) is 20.3. The highest BCUT2D eigenvalue weighted by Crippen LogP contribution is 2.26. The van der Waals surface area contributed by atoms with Crippen molar-refractivity contribution in [1.82, 2.24) is 19.4 Å². The Morgan fingerprint density at radius 2 is 1.75 bits per heavy atom. The van der Waals surface area contributed by atoms with Gasteiger partial charge in [0.15, 0.2) is 0 Å². The summed E-state index contributed by atoms with van der Waals surface area (Å²) in [5, 5.41) is 0. The van der Waals surface area contributed by atoms with E-state index in [9.17, 15) is 4.79 Å². The number of aromatic nitrogens is 2. The van der Waals surface area contributed by atoms with Gasteiger partial charge in [-0.2, -0.15) is 0 Å². The molecule has 0 spiro atoms. The third kappa shape index (κ3) is 5.30. The lowest BCUT2D eigenvalue weighted by Crippen LogP contribution is -2.30. The van der Waals surface area contributed by atoms with Crippen molar-refractivity contribution >= 4 is 16.9 Å². The molecule has 6 heteroatoms. The Balaban J connectivity index is 2.01. The molecule has 2 aromatic carbocycles. The van der Waals surface area contributed by atoms with Crippen molar-refractivity contribution in [2.45, 2.75) is 40.2 Å². The SMILES string of the molecule is CCOc1ccc(Cc2nc3cc(C(=O)N(CC)CC)ccc3n2C(C)CN(C)C)cc1. The van der Waals surface area contributed by atoms with Crippen molar-refractivity contribution in [3.8, 4) is 5.75 Å².